The minimum absolute atomic E-state index is 0.527. The van der Waals surface area contributed by atoms with E-state index in [0.717, 1.165) is 17.2 Å². The first-order valence-corrected chi connectivity index (χ1v) is 4.23. The van der Waals surface area contributed by atoms with Gasteiger partial charge in [0.1, 0.15) is 5.75 Å². The molecule has 0 fully saturated rings. The van der Waals surface area contributed by atoms with E-state index in [2.05, 4.69) is 4.98 Å². The molecule has 0 unspecified atom stereocenters. The van der Waals surface area contributed by atoms with Crippen LogP contribution in [-0.4, -0.2) is 18.4 Å². The molecule has 1 aromatic carbocycles. The van der Waals surface area contributed by atoms with Crippen molar-refractivity contribution in [2.45, 2.75) is 0 Å². The summed E-state index contributed by atoms with van der Waals surface area (Å²) in [5.74, 6) is 0.584. The van der Waals surface area contributed by atoms with Crippen LogP contribution in [0.3, 0.4) is 0 Å². The second kappa shape index (κ2) is 3.46. The van der Waals surface area contributed by atoms with Crippen LogP contribution in [0.4, 0.5) is 0 Å². The maximum Gasteiger partial charge on any atom is 0.153 e. The molecule has 2 rings (SSSR count). The van der Waals surface area contributed by atoms with Crippen LogP contribution >= 0.6 is 0 Å². The molecule has 0 aliphatic heterocycles. The van der Waals surface area contributed by atoms with Gasteiger partial charge in [-0.1, -0.05) is 6.07 Å². The molecule has 1 aromatic heterocycles. The van der Waals surface area contributed by atoms with E-state index in [1.807, 2.05) is 18.2 Å². The highest BCUT2D eigenvalue weighted by Gasteiger charge is 2.04. The Kier molecular flexibility index (Phi) is 2.14. The van der Waals surface area contributed by atoms with Crippen molar-refractivity contribution in [1.82, 2.24) is 4.98 Å². The molecule has 3 heteroatoms. The number of carbonyl (C=O) groups excluding carboxylic acids is 1. The van der Waals surface area contributed by atoms with Crippen LogP contribution in [0, 0.1) is 0 Å². The Bertz CT molecular complexity index is 480. The summed E-state index contributed by atoms with van der Waals surface area (Å²) in [5, 5.41) is 0.968. The number of pyridine rings is 1. The number of aromatic nitrogens is 1. The fourth-order valence-electron chi connectivity index (χ4n) is 1.38. The molecule has 0 saturated heterocycles. The molecular weight excluding hydrogens is 178 g/mol. The highest BCUT2D eigenvalue weighted by atomic mass is 16.5. The van der Waals surface area contributed by atoms with Crippen LogP contribution < -0.4 is 4.74 Å². The number of carbonyl (C=O) groups is 1. The van der Waals surface area contributed by atoms with Crippen molar-refractivity contribution < 1.29 is 9.53 Å². The summed E-state index contributed by atoms with van der Waals surface area (Å²) in [6, 6.07) is 7.31. The van der Waals surface area contributed by atoms with Crippen molar-refractivity contribution in [1.29, 1.82) is 0 Å². The van der Waals surface area contributed by atoms with Crippen molar-refractivity contribution in [3.8, 4) is 5.75 Å². The molecule has 0 spiro atoms. The largest absolute Gasteiger partial charge is 0.496 e. The van der Waals surface area contributed by atoms with Gasteiger partial charge in [-0.15, -0.1) is 0 Å². The quantitative estimate of drug-likeness (QED) is 0.675. The topological polar surface area (TPSA) is 39.2 Å². The molecule has 3 nitrogen and oxygen atoms in total. The minimum Gasteiger partial charge on any atom is -0.496 e. The van der Waals surface area contributed by atoms with Gasteiger partial charge in [0, 0.05) is 11.6 Å². The zero-order valence-electron chi connectivity index (χ0n) is 7.73. The zero-order chi connectivity index (χ0) is 9.97. The summed E-state index contributed by atoms with van der Waals surface area (Å²) >= 11 is 0. The lowest BCUT2D eigenvalue weighted by Crippen LogP contribution is -1.91. The van der Waals surface area contributed by atoms with Gasteiger partial charge in [0.25, 0.3) is 0 Å². The number of fused-ring (bicyclic) bond motifs is 1. The lowest BCUT2D eigenvalue weighted by molar-refractivity contribution is 0.112. The van der Waals surface area contributed by atoms with E-state index in [1.54, 1.807) is 19.4 Å². The number of rotatable bonds is 2. The summed E-state index contributed by atoms with van der Waals surface area (Å²) in [7, 11) is 1.55. The zero-order valence-corrected chi connectivity index (χ0v) is 7.73. The molecule has 70 valence electrons. The molecular formula is C11H9NO2. The van der Waals surface area contributed by atoms with E-state index in [1.165, 1.54) is 0 Å². The predicted octanol–water partition coefficient (Wildman–Crippen LogP) is 2.06. The summed E-state index contributed by atoms with van der Waals surface area (Å²) < 4.78 is 5.09. The van der Waals surface area contributed by atoms with Gasteiger partial charge in [-0.05, 0) is 18.2 Å². The number of methoxy groups -OCH3 is 1. The second-order valence-corrected chi connectivity index (χ2v) is 2.91. The van der Waals surface area contributed by atoms with Crippen molar-refractivity contribution >= 4 is 17.2 Å². The maximum atomic E-state index is 10.7. The fourth-order valence-corrected chi connectivity index (χ4v) is 1.38. The summed E-state index contributed by atoms with van der Waals surface area (Å²) in [4.78, 5) is 14.9. The summed E-state index contributed by atoms with van der Waals surface area (Å²) in [5.41, 5.74) is 1.33. The molecule has 1 heterocycles. The van der Waals surface area contributed by atoms with E-state index < -0.39 is 0 Å². The fraction of sp³-hybridized carbons (Fsp3) is 0.0909. The van der Waals surface area contributed by atoms with Gasteiger partial charge in [0.15, 0.2) is 6.29 Å². The molecule has 14 heavy (non-hydrogen) atoms. The normalized spacial score (nSPS) is 10.1. The van der Waals surface area contributed by atoms with Crippen molar-refractivity contribution in [3.05, 3.63) is 36.0 Å². The van der Waals surface area contributed by atoms with Crippen LogP contribution in [0.15, 0.2) is 30.5 Å². The van der Waals surface area contributed by atoms with E-state index in [-0.39, 0.29) is 0 Å². The average Bonchev–Trinajstić information content (AvgIpc) is 2.27. The Labute approximate surface area is 81.3 Å². The van der Waals surface area contributed by atoms with Crippen LogP contribution in [-0.2, 0) is 0 Å². The Hall–Kier alpha value is -1.90. The Balaban J connectivity index is 2.75. The van der Waals surface area contributed by atoms with E-state index in [0.29, 0.717) is 11.3 Å². The van der Waals surface area contributed by atoms with Crippen LogP contribution in [0.1, 0.15) is 10.4 Å². The monoisotopic (exact) mass is 187 g/mol. The molecule has 0 N–H and O–H groups in total. The SMILES string of the molecule is COc1cc2cccnc2cc1C=O. The van der Waals surface area contributed by atoms with Crippen LogP contribution in [0.25, 0.3) is 10.9 Å². The highest BCUT2D eigenvalue weighted by molar-refractivity contribution is 5.90. The Morgan fingerprint density at radius 2 is 2.29 bits per heavy atom. The molecule has 0 radical (unpaired) electrons. The lowest BCUT2D eigenvalue weighted by atomic mass is 10.1. The molecule has 0 amide bonds. The van der Waals surface area contributed by atoms with Gasteiger partial charge >= 0.3 is 0 Å². The standard InChI is InChI=1S/C11H9NO2/c1-14-11-6-8-3-2-4-12-10(8)5-9(11)7-13/h2-7H,1H3. The molecule has 0 aliphatic carbocycles. The molecule has 0 atom stereocenters. The first-order valence-electron chi connectivity index (χ1n) is 4.23. The third-order valence-electron chi connectivity index (χ3n) is 2.08. The van der Waals surface area contributed by atoms with Gasteiger partial charge in [-0.25, -0.2) is 0 Å². The average molecular weight is 187 g/mol. The smallest absolute Gasteiger partial charge is 0.153 e. The number of benzene rings is 1. The van der Waals surface area contributed by atoms with Crippen molar-refractivity contribution in [2.75, 3.05) is 7.11 Å². The highest BCUT2D eigenvalue weighted by Crippen LogP contribution is 2.22. The van der Waals surface area contributed by atoms with E-state index >= 15 is 0 Å². The van der Waals surface area contributed by atoms with Crippen LogP contribution in [0.5, 0.6) is 5.75 Å². The lowest BCUT2D eigenvalue weighted by Gasteiger charge is -2.04. The number of aldehydes is 1. The van der Waals surface area contributed by atoms with Crippen molar-refractivity contribution in [2.24, 2.45) is 0 Å². The van der Waals surface area contributed by atoms with E-state index in [9.17, 15) is 4.79 Å². The maximum absolute atomic E-state index is 10.7. The van der Waals surface area contributed by atoms with Gasteiger partial charge in [-0.2, -0.15) is 0 Å². The van der Waals surface area contributed by atoms with Gasteiger partial charge in [-0.3, -0.25) is 9.78 Å². The van der Waals surface area contributed by atoms with Gasteiger partial charge < -0.3 is 4.74 Å². The summed E-state index contributed by atoms with van der Waals surface area (Å²) in [6.07, 6.45) is 2.47. The number of hydrogen-bond donors (Lipinski definition) is 0. The second-order valence-electron chi connectivity index (χ2n) is 2.91. The van der Waals surface area contributed by atoms with Gasteiger partial charge in [0.2, 0.25) is 0 Å². The third-order valence-corrected chi connectivity index (χ3v) is 2.08. The predicted molar refractivity (Wildman–Crippen MR) is 53.7 cm³/mol. The number of hydrogen-bond acceptors (Lipinski definition) is 3. The first kappa shape index (κ1) is 8.69. The molecule has 0 saturated carbocycles. The van der Waals surface area contributed by atoms with Crippen LogP contribution in [0.2, 0.25) is 0 Å². The molecule has 0 bridgehead atoms. The number of ether oxygens (including phenoxy) is 1. The molecule has 0 aliphatic rings. The van der Waals surface area contributed by atoms with Crippen molar-refractivity contribution in [3.63, 3.8) is 0 Å². The third kappa shape index (κ3) is 1.33. The van der Waals surface area contributed by atoms with E-state index in [4.69, 9.17) is 4.74 Å². The first-order chi connectivity index (χ1) is 6.85. The summed E-state index contributed by atoms with van der Waals surface area (Å²) in [6.45, 7) is 0. The Morgan fingerprint density at radius 3 is 3.00 bits per heavy atom. The Morgan fingerprint density at radius 1 is 1.43 bits per heavy atom. The molecule has 2 aromatic rings. The van der Waals surface area contributed by atoms with Gasteiger partial charge in [0.05, 0.1) is 18.2 Å². The minimum atomic E-state index is 0.527. The number of nitrogens with zero attached hydrogens (tertiary/aromatic N) is 1.